The highest BCUT2D eigenvalue weighted by atomic mass is 16.2. The van der Waals surface area contributed by atoms with Crippen molar-refractivity contribution in [2.45, 2.75) is 51.0 Å². The number of anilines is 1. The van der Waals surface area contributed by atoms with Crippen molar-refractivity contribution >= 4 is 17.8 Å². The summed E-state index contributed by atoms with van der Waals surface area (Å²) in [6, 6.07) is 6.93. The molecule has 1 unspecified atom stereocenters. The Morgan fingerprint density at radius 1 is 0.969 bits per heavy atom. The van der Waals surface area contributed by atoms with Crippen LogP contribution in [0.5, 0.6) is 0 Å². The van der Waals surface area contributed by atoms with E-state index in [0.29, 0.717) is 12.1 Å². The number of nitrogens with zero attached hydrogens (tertiary/aromatic N) is 4. The van der Waals surface area contributed by atoms with Gasteiger partial charge in [0.1, 0.15) is 0 Å². The van der Waals surface area contributed by atoms with E-state index in [2.05, 4.69) is 14.9 Å². The third-order valence-electron chi connectivity index (χ3n) is 6.51. The molecule has 2 aliphatic heterocycles. The molecule has 0 radical (unpaired) electrons. The van der Waals surface area contributed by atoms with Crippen LogP contribution < -0.4 is 11.5 Å². The lowest BCUT2D eigenvalue weighted by molar-refractivity contribution is -0.136. The molecule has 1 atom stereocenters. The second kappa shape index (κ2) is 10.1. The summed E-state index contributed by atoms with van der Waals surface area (Å²) in [6.07, 6.45) is 9.38. The molecule has 1 aromatic carbocycles. The molecular formula is C24H32N6O2. The van der Waals surface area contributed by atoms with Crippen LogP contribution in [-0.4, -0.2) is 57.8 Å². The Balaban J connectivity index is 1.62. The summed E-state index contributed by atoms with van der Waals surface area (Å²) in [6.45, 7) is 3.16. The van der Waals surface area contributed by atoms with Crippen molar-refractivity contribution in [2.75, 3.05) is 31.9 Å². The van der Waals surface area contributed by atoms with Crippen molar-refractivity contribution in [3.05, 3.63) is 41.7 Å². The first-order valence-electron chi connectivity index (χ1n) is 11.6. The molecule has 0 bridgehead atoms. The van der Waals surface area contributed by atoms with Crippen LogP contribution in [0.4, 0.5) is 5.95 Å². The molecule has 0 spiro atoms. The van der Waals surface area contributed by atoms with Gasteiger partial charge < -0.3 is 16.4 Å². The molecule has 2 amide bonds. The van der Waals surface area contributed by atoms with Gasteiger partial charge in [-0.3, -0.25) is 14.5 Å². The molecule has 2 saturated heterocycles. The lowest BCUT2D eigenvalue weighted by Gasteiger charge is -2.37. The fourth-order valence-electron chi connectivity index (χ4n) is 4.79. The van der Waals surface area contributed by atoms with Crippen LogP contribution in [0.3, 0.4) is 0 Å². The number of piperidine rings is 1. The van der Waals surface area contributed by atoms with Gasteiger partial charge in [-0.1, -0.05) is 25.0 Å². The van der Waals surface area contributed by atoms with Crippen LogP contribution in [-0.2, 0) is 4.79 Å². The van der Waals surface area contributed by atoms with E-state index in [4.69, 9.17) is 11.5 Å². The fourth-order valence-corrected chi connectivity index (χ4v) is 4.79. The quantitative estimate of drug-likeness (QED) is 0.744. The van der Waals surface area contributed by atoms with E-state index in [9.17, 15) is 9.59 Å². The summed E-state index contributed by atoms with van der Waals surface area (Å²) < 4.78 is 0. The summed E-state index contributed by atoms with van der Waals surface area (Å²) >= 11 is 0. The Morgan fingerprint density at radius 2 is 1.66 bits per heavy atom. The molecular weight excluding hydrogens is 404 g/mol. The van der Waals surface area contributed by atoms with Crippen LogP contribution in [0.25, 0.3) is 11.1 Å². The van der Waals surface area contributed by atoms with Crippen molar-refractivity contribution in [3.8, 4) is 11.1 Å². The molecule has 3 heterocycles. The summed E-state index contributed by atoms with van der Waals surface area (Å²) in [7, 11) is 0. The topological polar surface area (TPSA) is 118 Å². The van der Waals surface area contributed by atoms with Crippen molar-refractivity contribution in [3.63, 3.8) is 0 Å². The van der Waals surface area contributed by atoms with Crippen LogP contribution >= 0.6 is 0 Å². The first-order chi connectivity index (χ1) is 15.5. The van der Waals surface area contributed by atoms with Crippen molar-refractivity contribution in [1.29, 1.82) is 0 Å². The van der Waals surface area contributed by atoms with E-state index in [1.165, 1.54) is 12.8 Å². The predicted octanol–water partition coefficient (Wildman–Crippen LogP) is 2.75. The largest absolute Gasteiger partial charge is 0.368 e. The maximum Gasteiger partial charge on any atom is 0.248 e. The van der Waals surface area contributed by atoms with E-state index in [1.807, 2.05) is 17.0 Å². The second-order valence-electron chi connectivity index (χ2n) is 8.76. The summed E-state index contributed by atoms with van der Waals surface area (Å²) in [5.41, 5.74) is 14.3. The first-order valence-corrected chi connectivity index (χ1v) is 11.6. The van der Waals surface area contributed by atoms with Crippen LogP contribution in [0.2, 0.25) is 0 Å². The van der Waals surface area contributed by atoms with Crippen molar-refractivity contribution in [1.82, 2.24) is 19.8 Å². The molecule has 4 N–H and O–H groups in total. The monoisotopic (exact) mass is 436 g/mol. The minimum absolute atomic E-state index is 0.139. The zero-order chi connectivity index (χ0) is 22.5. The van der Waals surface area contributed by atoms with E-state index < -0.39 is 5.91 Å². The molecule has 2 fully saturated rings. The molecule has 32 heavy (non-hydrogen) atoms. The highest BCUT2D eigenvalue weighted by Crippen LogP contribution is 2.36. The SMILES string of the molecule is NC(=O)c1ccc(-c2cnc(N)nc2C2CCCCN2C(=O)CN2CCCCCC2)cc1. The molecule has 0 saturated carbocycles. The van der Waals surface area contributed by atoms with Gasteiger partial charge in [-0.2, -0.15) is 0 Å². The average molecular weight is 437 g/mol. The number of hydrogen-bond acceptors (Lipinski definition) is 6. The summed E-state index contributed by atoms with van der Waals surface area (Å²) in [5, 5.41) is 0. The number of rotatable bonds is 5. The molecule has 2 aromatic rings. The number of amides is 2. The average Bonchev–Trinajstić information content (AvgIpc) is 3.08. The highest BCUT2D eigenvalue weighted by molar-refractivity contribution is 5.93. The number of carbonyl (C=O) groups is 2. The molecule has 1 aromatic heterocycles. The number of hydrogen-bond donors (Lipinski definition) is 2. The Hall–Kier alpha value is -3.00. The minimum atomic E-state index is -0.470. The van der Waals surface area contributed by atoms with Gasteiger partial charge in [-0.15, -0.1) is 0 Å². The lowest BCUT2D eigenvalue weighted by atomic mass is 9.93. The Bertz CT molecular complexity index is 953. The molecule has 0 aliphatic carbocycles. The Labute approximate surface area is 189 Å². The number of nitrogens with two attached hydrogens (primary N) is 2. The zero-order valence-corrected chi connectivity index (χ0v) is 18.5. The second-order valence-corrected chi connectivity index (χ2v) is 8.76. The number of benzene rings is 1. The fraction of sp³-hybridized carbons (Fsp3) is 0.500. The molecule has 8 nitrogen and oxygen atoms in total. The lowest BCUT2D eigenvalue weighted by Crippen LogP contribution is -2.45. The van der Waals surface area contributed by atoms with Gasteiger partial charge in [0.15, 0.2) is 0 Å². The van der Waals surface area contributed by atoms with Crippen molar-refractivity contribution < 1.29 is 9.59 Å². The van der Waals surface area contributed by atoms with Gasteiger partial charge in [-0.05, 0) is 62.9 Å². The van der Waals surface area contributed by atoms with Gasteiger partial charge in [0.25, 0.3) is 0 Å². The normalized spacial score (nSPS) is 20.0. The molecule has 170 valence electrons. The van der Waals surface area contributed by atoms with Crippen molar-refractivity contribution in [2.24, 2.45) is 5.73 Å². The van der Waals surface area contributed by atoms with E-state index >= 15 is 0 Å². The van der Waals surface area contributed by atoms with Crippen LogP contribution in [0.1, 0.15) is 67.0 Å². The number of nitrogen functional groups attached to an aromatic ring is 1. The van der Waals surface area contributed by atoms with Gasteiger partial charge in [0.05, 0.1) is 18.3 Å². The Morgan fingerprint density at radius 3 is 2.34 bits per heavy atom. The smallest absolute Gasteiger partial charge is 0.248 e. The van der Waals surface area contributed by atoms with Gasteiger partial charge in [0, 0.05) is 23.9 Å². The van der Waals surface area contributed by atoms with E-state index in [1.54, 1.807) is 18.3 Å². The summed E-state index contributed by atoms with van der Waals surface area (Å²) in [4.78, 5) is 37.9. The Kier molecular flexibility index (Phi) is 6.99. The molecule has 4 rings (SSSR count). The standard InChI is InChI=1S/C24H32N6O2/c25-23(32)18-10-8-17(9-11-18)19-15-27-24(26)28-22(19)20-7-3-6-14-30(20)21(31)16-29-12-4-1-2-5-13-29/h8-11,15,20H,1-7,12-14,16H2,(H2,25,32)(H2,26,27,28). The van der Waals surface area contributed by atoms with Gasteiger partial charge >= 0.3 is 0 Å². The van der Waals surface area contributed by atoms with Crippen LogP contribution in [0.15, 0.2) is 30.5 Å². The van der Waals surface area contributed by atoms with Crippen LogP contribution in [0, 0.1) is 0 Å². The van der Waals surface area contributed by atoms with Gasteiger partial charge in [0.2, 0.25) is 17.8 Å². The maximum absolute atomic E-state index is 13.4. The summed E-state index contributed by atoms with van der Waals surface area (Å²) in [5.74, 6) is -0.116. The molecule has 2 aliphatic rings. The number of primary amides is 1. The minimum Gasteiger partial charge on any atom is -0.368 e. The van der Waals surface area contributed by atoms with E-state index in [-0.39, 0.29) is 17.9 Å². The molecule has 8 heteroatoms. The highest BCUT2D eigenvalue weighted by Gasteiger charge is 2.32. The first kappa shape index (κ1) is 22.2. The van der Waals surface area contributed by atoms with E-state index in [0.717, 1.165) is 68.6 Å². The number of likely N-dealkylation sites (tertiary alicyclic amines) is 2. The number of carbonyl (C=O) groups excluding carboxylic acids is 2. The number of aromatic nitrogens is 2. The van der Waals surface area contributed by atoms with Gasteiger partial charge in [-0.25, -0.2) is 9.97 Å². The predicted molar refractivity (Wildman–Crippen MR) is 124 cm³/mol. The maximum atomic E-state index is 13.4. The third-order valence-corrected chi connectivity index (χ3v) is 6.51. The third kappa shape index (κ3) is 5.07. The zero-order valence-electron chi connectivity index (χ0n) is 18.5.